The van der Waals surface area contributed by atoms with E-state index in [4.69, 9.17) is 0 Å². The first kappa shape index (κ1) is 19.1. The minimum atomic E-state index is 0.175. The van der Waals surface area contributed by atoms with Gasteiger partial charge < -0.3 is 10.2 Å². The van der Waals surface area contributed by atoms with E-state index in [0.29, 0.717) is 24.0 Å². The minimum absolute atomic E-state index is 0.175. The van der Waals surface area contributed by atoms with Crippen molar-refractivity contribution in [2.45, 2.75) is 26.7 Å². The van der Waals surface area contributed by atoms with Crippen LogP contribution < -0.4 is 0 Å². The molecule has 0 atom stereocenters. The van der Waals surface area contributed by atoms with Gasteiger partial charge in [-0.05, 0) is 51.0 Å². The molecule has 2 rings (SSSR count). The molecule has 0 aliphatic rings. The smallest absolute Gasteiger partial charge is 0.124 e. The molecule has 2 aromatic rings. The monoisotopic (exact) mass is 350 g/mol. The summed E-state index contributed by atoms with van der Waals surface area (Å²) in [6, 6.07) is 13.9. The molecule has 6 heteroatoms. The second kappa shape index (κ2) is 9.88. The fourth-order valence-electron chi connectivity index (χ4n) is 2.03. The van der Waals surface area contributed by atoms with Gasteiger partial charge in [-0.2, -0.15) is 20.4 Å². The van der Waals surface area contributed by atoms with Crippen LogP contribution in [0.25, 0.3) is 0 Å². The summed E-state index contributed by atoms with van der Waals surface area (Å²) in [6.45, 7) is 3.78. The number of nitrogens with zero attached hydrogens (tertiary/aromatic N) is 4. The average Bonchev–Trinajstić information content (AvgIpc) is 2.63. The van der Waals surface area contributed by atoms with E-state index in [1.807, 2.05) is 26.0 Å². The molecular formula is C20H22N4O2. The molecular weight excluding hydrogens is 328 g/mol. The third-order valence-electron chi connectivity index (χ3n) is 3.57. The lowest BCUT2D eigenvalue weighted by Gasteiger charge is -1.99. The predicted octanol–water partition coefficient (Wildman–Crippen LogP) is 4.17. The summed E-state index contributed by atoms with van der Waals surface area (Å²) in [5.41, 5.74) is 2.97. The number of rotatable bonds is 7. The Balaban J connectivity index is 1.85. The normalized spacial score (nSPS) is 13.0. The molecule has 2 N–H and O–H groups in total. The Morgan fingerprint density at radius 1 is 0.731 bits per heavy atom. The van der Waals surface area contributed by atoms with Crippen molar-refractivity contribution in [1.82, 2.24) is 0 Å². The van der Waals surface area contributed by atoms with Crippen LogP contribution in [-0.2, 0) is 0 Å². The maximum atomic E-state index is 9.65. The molecule has 0 aliphatic heterocycles. The van der Waals surface area contributed by atoms with Crippen molar-refractivity contribution >= 4 is 23.9 Å². The minimum Gasteiger partial charge on any atom is -0.507 e. The Bertz CT molecular complexity index is 783. The van der Waals surface area contributed by atoms with Gasteiger partial charge in [0, 0.05) is 22.6 Å². The zero-order valence-electron chi connectivity index (χ0n) is 14.9. The van der Waals surface area contributed by atoms with Gasteiger partial charge in [0.2, 0.25) is 0 Å². The topological polar surface area (TPSA) is 89.9 Å². The van der Waals surface area contributed by atoms with E-state index in [1.165, 1.54) is 12.4 Å². The summed E-state index contributed by atoms with van der Waals surface area (Å²) in [6.07, 6.45) is 4.46. The Morgan fingerprint density at radius 3 is 1.50 bits per heavy atom. The number of para-hydroxylation sites is 2. The van der Waals surface area contributed by atoms with Crippen molar-refractivity contribution in [3.8, 4) is 11.5 Å². The summed E-state index contributed by atoms with van der Waals surface area (Å²) in [4.78, 5) is 0. The van der Waals surface area contributed by atoms with Crippen LogP contribution in [-0.4, -0.2) is 34.1 Å². The van der Waals surface area contributed by atoms with E-state index >= 15 is 0 Å². The maximum Gasteiger partial charge on any atom is 0.124 e. The lowest BCUT2D eigenvalue weighted by atomic mass is 10.2. The number of benzene rings is 2. The van der Waals surface area contributed by atoms with Crippen molar-refractivity contribution in [3.05, 3.63) is 59.7 Å². The number of phenolic OH excluding ortho intramolecular Hbond substituents is 2. The molecule has 0 heterocycles. The van der Waals surface area contributed by atoms with Gasteiger partial charge in [-0.1, -0.05) is 24.3 Å². The number of hydrogen-bond donors (Lipinski definition) is 2. The van der Waals surface area contributed by atoms with Crippen molar-refractivity contribution in [2.75, 3.05) is 0 Å². The van der Waals surface area contributed by atoms with Crippen molar-refractivity contribution in [3.63, 3.8) is 0 Å². The Labute approximate surface area is 153 Å². The SMILES string of the molecule is C/C(CC/C(C)=N/N=C/c1ccccc1O)=N\N=C\c1ccccc1O. The third kappa shape index (κ3) is 6.32. The molecule has 0 saturated heterocycles. The van der Waals surface area contributed by atoms with Crippen molar-refractivity contribution in [1.29, 1.82) is 0 Å². The molecule has 134 valence electrons. The first-order valence-corrected chi connectivity index (χ1v) is 8.25. The molecule has 2 aromatic carbocycles. The molecule has 0 amide bonds. The van der Waals surface area contributed by atoms with Gasteiger partial charge in [-0.15, -0.1) is 0 Å². The summed E-state index contributed by atoms with van der Waals surface area (Å²) in [7, 11) is 0. The van der Waals surface area contributed by atoms with Gasteiger partial charge in [-0.3, -0.25) is 0 Å². The molecule has 0 radical (unpaired) electrons. The summed E-state index contributed by atoms with van der Waals surface area (Å²) < 4.78 is 0. The molecule has 0 unspecified atom stereocenters. The molecule has 0 bridgehead atoms. The molecule has 0 aromatic heterocycles. The van der Waals surface area contributed by atoms with E-state index in [0.717, 1.165) is 11.4 Å². The predicted molar refractivity (Wildman–Crippen MR) is 107 cm³/mol. The summed E-state index contributed by atoms with van der Waals surface area (Å²) in [5, 5.41) is 35.5. The molecule has 26 heavy (non-hydrogen) atoms. The van der Waals surface area contributed by atoms with Gasteiger partial charge in [0.1, 0.15) is 11.5 Å². The first-order valence-electron chi connectivity index (χ1n) is 8.25. The second-order valence-corrected chi connectivity index (χ2v) is 5.78. The van der Waals surface area contributed by atoms with Crippen molar-refractivity contribution < 1.29 is 10.2 Å². The maximum absolute atomic E-state index is 9.65. The van der Waals surface area contributed by atoms with Crippen LogP contribution in [0.15, 0.2) is 68.9 Å². The van der Waals surface area contributed by atoms with Gasteiger partial charge >= 0.3 is 0 Å². The fraction of sp³-hybridized carbons (Fsp3) is 0.200. The van der Waals surface area contributed by atoms with Crippen molar-refractivity contribution in [2.24, 2.45) is 20.4 Å². The van der Waals surface area contributed by atoms with Gasteiger partial charge in [0.05, 0.1) is 12.4 Å². The van der Waals surface area contributed by atoms with Gasteiger partial charge in [0.15, 0.2) is 0 Å². The largest absolute Gasteiger partial charge is 0.507 e. The highest BCUT2D eigenvalue weighted by Gasteiger charge is 1.97. The van der Waals surface area contributed by atoms with E-state index in [9.17, 15) is 10.2 Å². The second-order valence-electron chi connectivity index (χ2n) is 5.78. The van der Waals surface area contributed by atoms with Crippen LogP contribution in [0.2, 0.25) is 0 Å². The van der Waals surface area contributed by atoms with E-state index < -0.39 is 0 Å². The lowest BCUT2D eigenvalue weighted by Crippen LogP contribution is -1.97. The molecule has 0 spiro atoms. The number of aromatic hydroxyl groups is 2. The zero-order valence-corrected chi connectivity index (χ0v) is 14.9. The highest BCUT2D eigenvalue weighted by Crippen LogP contribution is 2.13. The number of phenols is 2. The quantitative estimate of drug-likeness (QED) is 0.580. The molecule has 0 fully saturated rings. The molecule has 0 aliphatic carbocycles. The van der Waals surface area contributed by atoms with E-state index in [-0.39, 0.29) is 11.5 Å². The lowest BCUT2D eigenvalue weighted by molar-refractivity contribution is 0.474. The van der Waals surface area contributed by atoms with E-state index in [1.54, 1.807) is 36.4 Å². The molecule has 0 saturated carbocycles. The average molecular weight is 350 g/mol. The highest BCUT2D eigenvalue weighted by atomic mass is 16.3. The van der Waals surface area contributed by atoms with Crippen LogP contribution in [0.1, 0.15) is 37.8 Å². The van der Waals surface area contributed by atoms with Gasteiger partial charge in [-0.25, -0.2) is 0 Å². The summed E-state index contributed by atoms with van der Waals surface area (Å²) >= 11 is 0. The Hall–Kier alpha value is -3.28. The molecule has 6 nitrogen and oxygen atoms in total. The van der Waals surface area contributed by atoms with Crippen LogP contribution in [0, 0.1) is 0 Å². The standard InChI is InChI=1S/C20H22N4O2/c1-15(23-21-13-17-7-3-5-9-19(17)25)11-12-16(2)24-22-14-18-8-4-6-10-20(18)26/h3-10,13-14,25-26H,11-12H2,1-2H3/b21-13+,22-14+,23-15+,24-16+. The summed E-state index contributed by atoms with van der Waals surface area (Å²) in [5.74, 6) is 0.351. The van der Waals surface area contributed by atoms with Crippen LogP contribution in [0.3, 0.4) is 0 Å². The zero-order chi connectivity index (χ0) is 18.8. The Morgan fingerprint density at radius 2 is 1.12 bits per heavy atom. The fourth-order valence-corrected chi connectivity index (χ4v) is 2.03. The third-order valence-corrected chi connectivity index (χ3v) is 3.57. The number of hydrogen-bond acceptors (Lipinski definition) is 6. The van der Waals surface area contributed by atoms with Crippen LogP contribution >= 0.6 is 0 Å². The first-order chi connectivity index (χ1) is 12.6. The van der Waals surface area contributed by atoms with Gasteiger partial charge in [0.25, 0.3) is 0 Å². The van der Waals surface area contributed by atoms with Crippen LogP contribution in [0.5, 0.6) is 11.5 Å². The Kier molecular flexibility index (Phi) is 7.24. The van der Waals surface area contributed by atoms with E-state index in [2.05, 4.69) is 20.4 Å². The highest BCUT2D eigenvalue weighted by molar-refractivity contribution is 5.90. The van der Waals surface area contributed by atoms with Crippen LogP contribution in [0.4, 0.5) is 0 Å².